The van der Waals surface area contributed by atoms with E-state index < -0.39 is 5.66 Å². The molecular weight excluding hydrogens is 396 g/mol. The van der Waals surface area contributed by atoms with Crippen molar-refractivity contribution in [2.45, 2.75) is 31.5 Å². The van der Waals surface area contributed by atoms with Crippen LogP contribution < -0.4 is 9.64 Å². The van der Waals surface area contributed by atoms with Crippen LogP contribution >= 0.6 is 0 Å². The molecule has 2 aliphatic rings. The molecule has 1 amide bonds. The Morgan fingerprint density at radius 3 is 2.34 bits per heavy atom. The van der Waals surface area contributed by atoms with Crippen LogP contribution in [0, 0.1) is 0 Å². The minimum atomic E-state index is -0.594. The summed E-state index contributed by atoms with van der Waals surface area (Å²) in [5.41, 5.74) is 3.72. The van der Waals surface area contributed by atoms with Gasteiger partial charge in [0.15, 0.2) is 0 Å². The first-order chi connectivity index (χ1) is 15.5. The molecular formula is C28H28N2O2. The molecule has 0 radical (unpaired) electrons. The van der Waals surface area contributed by atoms with Crippen LogP contribution in [0.15, 0.2) is 84.9 Å². The molecule has 2 aliphatic heterocycles. The summed E-state index contributed by atoms with van der Waals surface area (Å²) in [7, 11) is 1.67. The summed E-state index contributed by atoms with van der Waals surface area (Å²) in [5.74, 6) is 0.980. The number of carbonyl (C=O) groups is 1. The number of amides is 1. The lowest BCUT2D eigenvalue weighted by atomic mass is 9.74. The number of fused-ring (bicyclic) bond motifs is 3. The smallest absolute Gasteiger partial charge is 0.244 e. The molecule has 0 spiro atoms. The minimum Gasteiger partial charge on any atom is -0.497 e. The molecule has 0 saturated carbocycles. The molecule has 0 bridgehead atoms. The standard InChI is InChI=1S/C28H28N2O2/c1-27(2)24-11-7-8-12-25(24)29-20-26(31)30(19-22-9-5-4-6-10-22)28(27,29)18-17-21-13-15-23(32-3)16-14-21/h4-18H,19-20H2,1-3H3/b18-17-/t28-/m0/s1. The number of nitrogens with zero attached hydrogens (tertiary/aromatic N) is 2. The van der Waals surface area contributed by atoms with Gasteiger partial charge in [0.25, 0.3) is 0 Å². The Balaban J connectivity index is 1.64. The van der Waals surface area contributed by atoms with Gasteiger partial charge in [0, 0.05) is 17.6 Å². The number of carbonyl (C=O) groups excluding carboxylic acids is 1. The fraction of sp³-hybridized carbons (Fsp3) is 0.250. The lowest BCUT2D eigenvalue weighted by molar-refractivity contribution is -0.131. The minimum absolute atomic E-state index is 0.149. The number of hydrogen-bond donors (Lipinski definition) is 0. The van der Waals surface area contributed by atoms with E-state index in [9.17, 15) is 4.79 Å². The van der Waals surface area contributed by atoms with Gasteiger partial charge in [-0.25, -0.2) is 0 Å². The van der Waals surface area contributed by atoms with Crippen LogP contribution in [0.1, 0.15) is 30.5 Å². The van der Waals surface area contributed by atoms with Crippen molar-refractivity contribution < 1.29 is 9.53 Å². The van der Waals surface area contributed by atoms with E-state index in [1.807, 2.05) is 42.5 Å². The van der Waals surface area contributed by atoms with Crippen LogP contribution in [-0.4, -0.2) is 30.1 Å². The van der Waals surface area contributed by atoms with E-state index in [-0.39, 0.29) is 11.3 Å². The zero-order valence-electron chi connectivity index (χ0n) is 18.8. The second kappa shape index (κ2) is 7.56. The van der Waals surface area contributed by atoms with Crippen LogP contribution in [0.2, 0.25) is 0 Å². The van der Waals surface area contributed by atoms with Gasteiger partial charge in [-0.15, -0.1) is 0 Å². The highest BCUT2D eigenvalue weighted by atomic mass is 16.5. The molecule has 4 nitrogen and oxygen atoms in total. The number of rotatable bonds is 5. The summed E-state index contributed by atoms with van der Waals surface area (Å²) in [6.07, 6.45) is 4.36. The summed E-state index contributed by atoms with van der Waals surface area (Å²) in [4.78, 5) is 17.8. The van der Waals surface area contributed by atoms with Crippen molar-refractivity contribution in [1.82, 2.24) is 4.90 Å². The van der Waals surface area contributed by atoms with E-state index in [2.05, 4.69) is 72.2 Å². The lowest BCUT2D eigenvalue weighted by Crippen LogP contribution is -2.60. The van der Waals surface area contributed by atoms with E-state index in [0.717, 1.165) is 22.6 Å². The Morgan fingerprint density at radius 1 is 0.938 bits per heavy atom. The van der Waals surface area contributed by atoms with Crippen LogP contribution in [0.4, 0.5) is 5.69 Å². The van der Waals surface area contributed by atoms with Crippen molar-refractivity contribution in [3.05, 3.63) is 102 Å². The molecule has 1 saturated heterocycles. The summed E-state index contributed by atoms with van der Waals surface area (Å²) in [6.45, 7) is 5.45. The van der Waals surface area contributed by atoms with Gasteiger partial charge in [-0.3, -0.25) is 4.79 Å². The molecule has 0 unspecified atom stereocenters. The maximum atomic E-state index is 13.4. The molecule has 1 fully saturated rings. The molecule has 0 aromatic heterocycles. The maximum absolute atomic E-state index is 13.4. The highest BCUT2D eigenvalue weighted by molar-refractivity contribution is 5.91. The third-order valence-electron chi connectivity index (χ3n) is 7.01. The van der Waals surface area contributed by atoms with E-state index in [0.29, 0.717) is 13.1 Å². The predicted molar refractivity (Wildman–Crippen MR) is 129 cm³/mol. The first-order valence-corrected chi connectivity index (χ1v) is 11.0. The summed E-state index contributed by atoms with van der Waals surface area (Å²) in [6, 6.07) is 26.7. The SMILES string of the molecule is COc1ccc(/C=C\[C@@]23N(Cc4ccccc4)C(=O)CN2c2ccccc2C3(C)C)cc1. The molecule has 3 aromatic rings. The number of para-hydroxylation sites is 1. The molecule has 3 aromatic carbocycles. The third-order valence-corrected chi connectivity index (χ3v) is 7.01. The Bertz CT molecular complexity index is 1170. The van der Waals surface area contributed by atoms with E-state index in [1.54, 1.807) is 7.11 Å². The highest BCUT2D eigenvalue weighted by Gasteiger charge is 2.63. The highest BCUT2D eigenvalue weighted by Crippen LogP contribution is 2.56. The van der Waals surface area contributed by atoms with Gasteiger partial charge in [0.1, 0.15) is 11.4 Å². The fourth-order valence-electron chi connectivity index (χ4n) is 5.35. The Hall–Kier alpha value is -3.53. The number of methoxy groups -OCH3 is 1. The molecule has 1 atom stereocenters. The molecule has 0 N–H and O–H groups in total. The first-order valence-electron chi connectivity index (χ1n) is 11.0. The van der Waals surface area contributed by atoms with Crippen molar-refractivity contribution in [3.8, 4) is 5.75 Å². The normalized spacial score (nSPS) is 21.2. The monoisotopic (exact) mass is 424 g/mol. The summed E-state index contributed by atoms with van der Waals surface area (Å²) < 4.78 is 5.30. The van der Waals surface area contributed by atoms with E-state index in [1.165, 1.54) is 5.56 Å². The van der Waals surface area contributed by atoms with Crippen molar-refractivity contribution in [2.24, 2.45) is 0 Å². The van der Waals surface area contributed by atoms with Crippen molar-refractivity contribution in [2.75, 3.05) is 18.6 Å². The van der Waals surface area contributed by atoms with Crippen LogP contribution in [-0.2, 0) is 16.8 Å². The van der Waals surface area contributed by atoms with Gasteiger partial charge < -0.3 is 14.5 Å². The van der Waals surface area contributed by atoms with Gasteiger partial charge >= 0.3 is 0 Å². The maximum Gasteiger partial charge on any atom is 0.244 e. The number of anilines is 1. The lowest BCUT2D eigenvalue weighted by Gasteiger charge is -2.46. The predicted octanol–water partition coefficient (Wildman–Crippen LogP) is 5.24. The van der Waals surface area contributed by atoms with Crippen LogP contribution in [0.3, 0.4) is 0 Å². The molecule has 0 aliphatic carbocycles. The molecule has 32 heavy (non-hydrogen) atoms. The Kier molecular flexibility index (Phi) is 4.81. The average molecular weight is 425 g/mol. The van der Waals surface area contributed by atoms with Crippen molar-refractivity contribution in [1.29, 1.82) is 0 Å². The quantitative estimate of drug-likeness (QED) is 0.561. The molecule has 5 rings (SSSR count). The summed E-state index contributed by atoms with van der Waals surface area (Å²) in [5, 5.41) is 0. The van der Waals surface area contributed by atoms with E-state index in [4.69, 9.17) is 4.74 Å². The van der Waals surface area contributed by atoms with E-state index >= 15 is 0 Å². The Morgan fingerprint density at radius 2 is 1.62 bits per heavy atom. The van der Waals surface area contributed by atoms with Crippen molar-refractivity contribution in [3.63, 3.8) is 0 Å². The fourth-order valence-corrected chi connectivity index (χ4v) is 5.35. The zero-order valence-corrected chi connectivity index (χ0v) is 18.8. The second-order valence-corrected chi connectivity index (χ2v) is 9.03. The number of ether oxygens (including phenoxy) is 1. The second-order valence-electron chi connectivity index (χ2n) is 9.03. The number of hydrogen-bond acceptors (Lipinski definition) is 3. The average Bonchev–Trinajstić information content (AvgIpc) is 3.20. The topological polar surface area (TPSA) is 32.8 Å². The first kappa shape index (κ1) is 20.4. The van der Waals surface area contributed by atoms with Crippen LogP contribution in [0.5, 0.6) is 5.75 Å². The van der Waals surface area contributed by atoms with Gasteiger partial charge in [-0.1, -0.05) is 80.6 Å². The summed E-state index contributed by atoms with van der Waals surface area (Å²) >= 11 is 0. The van der Waals surface area contributed by atoms with Crippen LogP contribution in [0.25, 0.3) is 6.08 Å². The zero-order chi connectivity index (χ0) is 22.3. The molecule has 4 heteroatoms. The Labute approximate surface area is 189 Å². The largest absolute Gasteiger partial charge is 0.497 e. The number of benzene rings is 3. The van der Waals surface area contributed by atoms with Gasteiger partial charge in [0.2, 0.25) is 5.91 Å². The van der Waals surface area contributed by atoms with Gasteiger partial charge in [-0.2, -0.15) is 0 Å². The molecule has 2 heterocycles. The molecule has 162 valence electrons. The van der Waals surface area contributed by atoms with Gasteiger partial charge in [-0.05, 0) is 41.0 Å². The van der Waals surface area contributed by atoms with Gasteiger partial charge in [0.05, 0.1) is 13.7 Å². The van der Waals surface area contributed by atoms with Crippen molar-refractivity contribution >= 4 is 17.7 Å². The third kappa shape index (κ3) is 2.94.